The van der Waals surface area contributed by atoms with Crippen LogP contribution in [0.4, 0.5) is 13.2 Å². The fraction of sp³-hybridized carbons (Fsp3) is 0.333. The number of ketones is 1. The fourth-order valence-corrected chi connectivity index (χ4v) is 4.43. The lowest BCUT2D eigenvalue weighted by Crippen LogP contribution is -2.18. The van der Waals surface area contributed by atoms with Gasteiger partial charge in [0.25, 0.3) is 0 Å². The molecule has 0 aliphatic carbocycles. The third-order valence-electron chi connectivity index (χ3n) is 3.49. The first-order chi connectivity index (χ1) is 11.9. The van der Waals surface area contributed by atoms with Gasteiger partial charge in [-0.1, -0.05) is 35.3 Å². The van der Waals surface area contributed by atoms with Gasteiger partial charge < -0.3 is 4.57 Å². The van der Waals surface area contributed by atoms with Crippen LogP contribution in [0.3, 0.4) is 0 Å². The second-order valence-corrected chi connectivity index (χ2v) is 8.30. The summed E-state index contributed by atoms with van der Waals surface area (Å²) in [5.41, 5.74) is -0.406. The lowest BCUT2D eigenvalue weighted by Gasteiger charge is -2.16. The summed E-state index contributed by atoms with van der Waals surface area (Å²) >= 11 is 11.8. The van der Waals surface area contributed by atoms with E-state index in [1.165, 1.54) is 31.2 Å². The van der Waals surface area contributed by atoms with E-state index < -0.39 is 45.7 Å². The van der Waals surface area contributed by atoms with Crippen LogP contribution >= 0.6 is 23.2 Å². The van der Waals surface area contributed by atoms with Crippen LogP contribution in [0.5, 0.6) is 0 Å². The Morgan fingerprint density at radius 3 is 2.46 bits per heavy atom. The van der Waals surface area contributed by atoms with Gasteiger partial charge in [0.2, 0.25) is 0 Å². The summed E-state index contributed by atoms with van der Waals surface area (Å²) in [5.74, 6) is -1.89. The van der Waals surface area contributed by atoms with E-state index in [0.29, 0.717) is 0 Å². The average Bonchev–Trinajstić information content (AvgIpc) is 2.87. The molecule has 1 unspecified atom stereocenters. The number of sulfone groups is 1. The van der Waals surface area contributed by atoms with E-state index in [1.54, 1.807) is 0 Å². The predicted molar refractivity (Wildman–Crippen MR) is 90.5 cm³/mol. The highest BCUT2D eigenvalue weighted by molar-refractivity contribution is 7.92. The van der Waals surface area contributed by atoms with Crippen LogP contribution in [0.2, 0.25) is 10.2 Å². The van der Waals surface area contributed by atoms with Gasteiger partial charge in [-0.15, -0.1) is 0 Å². The summed E-state index contributed by atoms with van der Waals surface area (Å²) in [4.78, 5) is 15.7. The van der Waals surface area contributed by atoms with E-state index in [2.05, 4.69) is 4.98 Å². The number of alkyl halides is 3. The molecule has 11 heteroatoms. The highest BCUT2D eigenvalue weighted by Crippen LogP contribution is 2.31. The van der Waals surface area contributed by atoms with Crippen LogP contribution in [-0.2, 0) is 9.84 Å². The van der Waals surface area contributed by atoms with Crippen LogP contribution < -0.4 is 0 Å². The number of nitrogens with zero attached hydrogens (tertiary/aromatic N) is 2. The Balaban J connectivity index is 2.25. The second-order valence-electron chi connectivity index (χ2n) is 5.57. The molecular formula is C15H13Cl2F3N2O3S. The summed E-state index contributed by atoms with van der Waals surface area (Å²) in [5, 5.41) is -0.392. The highest BCUT2D eigenvalue weighted by atomic mass is 35.5. The number of imidazole rings is 1. The zero-order valence-corrected chi connectivity index (χ0v) is 15.6. The molecular weight excluding hydrogens is 416 g/mol. The van der Waals surface area contributed by atoms with Crippen LogP contribution in [0.15, 0.2) is 35.5 Å². The van der Waals surface area contributed by atoms with Crippen LogP contribution in [0, 0.1) is 0 Å². The second kappa shape index (κ2) is 7.58. The summed E-state index contributed by atoms with van der Waals surface area (Å²) in [6.07, 6.45) is -4.62. The van der Waals surface area contributed by atoms with Gasteiger partial charge in [-0.25, -0.2) is 13.4 Å². The summed E-state index contributed by atoms with van der Waals surface area (Å²) in [6.45, 7) is 1.26. The molecule has 1 aromatic carbocycles. The lowest BCUT2D eigenvalue weighted by atomic mass is 10.2. The minimum atomic E-state index is -4.43. The van der Waals surface area contributed by atoms with Crippen molar-refractivity contribution < 1.29 is 26.4 Å². The number of Topliss-reactive ketones (excluding diaryl/α,β-unsaturated/α-hetero) is 1. The van der Waals surface area contributed by atoms with Crippen molar-refractivity contribution in [2.75, 3.05) is 5.75 Å². The molecule has 0 saturated carbocycles. The van der Waals surface area contributed by atoms with Gasteiger partial charge in [0, 0.05) is 6.04 Å². The molecule has 2 rings (SSSR count). The third-order valence-corrected chi connectivity index (χ3v) is 5.98. The first-order valence-corrected chi connectivity index (χ1v) is 9.63. The molecule has 0 aliphatic heterocycles. The minimum Gasteiger partial charge on any atom is -0.318 e. The largest absolute Gasteiger partial charge is 0.391 e. The number of rotatable bonds is 6. The number of carbonyl (C=O) groups excluding carboxylic acids is 1. The van der Waals surface area contributed by atoms with Gasteiger partial charge in [0.1, 0.15) is 16.6 Å². The van der Waals surface area contributed by atoms with Crippen molar-refractivity contribution in [3.63, 3.8) is 0 Å². The molecule has 5 nitrogen and oxygen atoms in total. The predicted octanol–water partition coefficient (Wildman–Crippen LogP) is 4.36. The first-order valence-electron chi connectivity index (χ1n) is 7.22. The maximum Gasteiger partial charge on any atom is 0.391 e. The highest BCUT2D eigenvalue weighted by Gasteiger charge is 2.32. The van der Waals surface area contributed by atoms with Gasteiger partial charge >= 0.3 is 6.18 Å². The Morgan fingerprint density at radius 2 is 1.88 bits per heavy atom. The van der Waals surface area contributed by atoms with Crippen molar-refractivity contribution >= 4 is 38.8 Å². The van der Waals surface area contributed by atoms with Crippen molar-refractivity contribution in [3.8, 4) is 0 Å². The molecule has 0 aliphatic rings. The number of hydrogen-bond acceptors (Lipinski definition) is 4. The molecule has 1 heterocycles. The molecule has 0 bridgehead atoms. The average molecular weight is 429 g/mol. The fourth-order valence-electron chi connectivity index (χ4n) is 2.29. The normalized spacial score (nSPS) is 13.6. The molecule has 26 heavy (non-hydrogen) atoms. The van der Waals surface area contributed by atoms with Crippen molar-refractivity contribution in [1.29, 1.82) is 0 Å². The van der Waals surface area contributed by atoms with E-state index in [1.807, 2.05) is 0 Å². The Bertz CT molecular complexity index is 926. The Kier molecular flexibility index (Phi) is 6.04. The maximum atomic E-state index is 12.5. The van der Waals surface area contributed by atoms with Gasteiger partial charge in [-0.05, 0) is 19.1 Å². The van der Waals surface area contributed by atoms with Crippen molar-refractivity contribution in [1.82, 2.24) is 9.55 Å². The van der Waals surface area contributed by atoms with E-state index >= 15 is 0 Å². The quantitative estimate of drug-likeness (QED) is 0.640. The molecule has 0 fully saturated rings. The van der Waals surface area contributed by atoms with Gasteiger partial charge in [0.15, 0.2) is 15.6 Å². The maximum absolute atomic E-state index is 12.5. The van der Waals surface area contributed by atoms with Gasteiger partial charge in [-0.2, -0.15) is 13.2 Å². The zero-order chi connectivity index (χ0) is 19.7. The Labute approximate surface area is 157 Å². The molecule has 142 valence electrons. The van der Waals surface area contributed by atoms with Crippen molar-refractivity contribution in [3.05, 3.63) is 46.5 Å². The van der Waals surface area contributed by atoms with Crippen LogP contribution in [0.25, 0.3) is 0 Å². The zero-order valence-electron chi connectivity index (χ0n) is 13.3. The lowest BCUT2D eigenvalue weighted by molar-refractivity contribution is -0.141. The molecule has 0 spiro atoms. The Morgan fingerprint density at radius 1 is 1.27 bits per heavy atom. The van der Waals surface area contributed by atoms with Gasteiger partial charge in [-0.3, -0.25) is 4.79 Å². The number of halogens is 5. The van der Waals surface area contributed by atoms with E-state index in [-0.39, 0.29) is 15.1 Å². The SMILES string of the molecule is CC(CC(F)(F)F)n1cnc(C(=O)CS(=O)(=O)c2ccccc2Cl)c1Cl. The molecule has 0 N–H and O–H groups in total. The summed E-state index contributed by atoms with van der Waals surface area (Å²) in [7, 11) is -4.06. The number of aromatic nitrogens is 2. The molecule has 1 aromatic heterocycles. The first kappa shape index (κ1) is 20.7. The number of carbonyl (C=O) groups is 1. The number of hydrogen-bond donors (Lipinski definition) is 0. The van der Waals surface area contributed by atoms with Gasteiger partial charge in [0.05, 0.1) is 22.7 Å². The molecule has 0 saturated heterocycles. The monoisotopic (exact) mass is 428 g/mol. The summed E-state index contributed by atoms with van der Waals surface area (Å²) < 4.78 is 63.2. The van der Waals surface area contributed by atoms with E-state index in [9.17, 15) is 26.4 Å². The summed E-state index contributed by atoms with van der Waals surface area (Å²) in [6, 6.07) is 4.49. The minimum absolute atomic E-state index is 0.0456. The van der Waals surface area contributed by atoms with Crippen LogP contribution in [0.1, 0.15) is 29.9 Å². The smallest absolute Gasteiger partial charge is 0.318 e. The number of benzene rings is 1. The standard InChI is InChI=1S/C15H13Cl2F3N2O3S/c1-9(6-15(18,19)20)22-8-21-13(14(22)17)11(23)7-26(24,25)12-5-3-2-4-10(12)16/h2-5,8-9H,6-7H2,1H3. The molecule has 0 radical (unpaired) electrons. The molecule has 2 aromatic rings. The molecule has 0 amide bonds. The molecule has 1 atom stereocenters. The third kappa shape index (κ3) is 4.77. The van der Waals surface area contributed by atoms with Crippen molar-refractivity contribution in [2.45, 2.75) is 30.5 Å². The van der Waals surface area contributed by atoms with Crippen LogP contribution in [-0.4, -0.2) is 35.7 Å². The Hall–Kier alpha value is -1.58. The van der Waals surface area contributed by atoms with E-state index in [4.69, 9.17) is 23.2 Å². The topological polar surface area (TPSA) is 69.0 Å². The van der Waals surface area contributed by atoms with Crippen molar-refractivity contribution in [2.24, 2.45) is 0 Å². The van der Waals surface area contributed by atoms with E-state index in [0.717, 1.165) is 10.9 Å².